The van der Waals surface area contributed by atoms with Crippen LogP contribution in [0.4, 0.5) is 8.78 Å². The van der Waals surface area contributed by atoms with E-state index in [0.29, 0.717) is 16.8 Å². The number of aryl methyl sites for hydroxylation is 2. The van der Waals surface area contributed by atoms with Crippen LogP contribution in [0.2, 0.25) is 5.15 Å². The van der Waals surface area contributed by atoms with Crippen LogP contribution >= 0.6 is 11.6 Å². The first-order chi connectivity index (χ1) is 11.4. The van der Waals surface area contributed by atoms with Gasteiger partial charge in [0.1, 0.15) is 17.4 Å². The highest BCUT2D eigenvalue weighted by Crippen LogP contribution is 2.43. The zero-order valence-electron chi connectivity index (χ0n) is 13.3. The van der Waals surface area contributed by atoms with Gasteiger partial charge in [-0.05, 0) is 19.1 Å². The number of benzene rings is 1. The molecule has 0 radical (unpaired) electrons. The summed E-state index contributed by atoms with van der Waals surface area (Å²) < 4.78 is 34.7. The highest BCUT2D eigenvalue weighted by Gasteiger charge is 2.25. The normalized spacial score (nSPS) is 10.9. The SMILES string of the molecule is COc1cc(F)cc(F)c1-c1c(Cl)nn(C)c1-c1ccc(C)nc1. The van der Waals surface area contributed by atoms with Crippen molar-refractivity contribution >= 4 is 11.6 Å². The molecule has 2 aromatic heterocycles. The number of hydrogen-bond donors (Lipinski definition) is 0. The first kappa shape index (κ1) is 16.4. The van der Waals surface area contributed by atoms with Crippen molar-refractivity contribution in [3.05, 3.63) is 52.9 Å². The van der Waals surface area contributed by atoms with Crippen LogP contribution in [0.3, 0.4) is 0 Å². The third kappa shape index (κ3) is 2.73. The van der Waals surface area contributed by atoms with Crippen molar-refractivity contribution in [2.24, 2.45) is 7.05 Å². The lowest BCUT2D eigenvalue weighted by atomic mass is 10.0. The highest BCUT2D eigenvalue weighted by molar-refractivity contribution is 6.33. The molecule has 3 aromatic rings. The molecule has 1 aromatic carbocycles. The molecule has 0 aliphatic heterocycles. The van der Waals surface area contributed by atoms with E-state index < -0.39 is 11.6 Å². The van der Waals surface area contributed by atoms with E-state index in [9.17, 15) is 8.78 Å². The van der Waals surface area contributed by atoms with Crippen molar-refractivity contribution in [2.75, 3.05) is 7.11 Å². The molecule has 0 bridgehead atoms. The fraction of sp³-hybridized carbons (Fsp3) is 0.176. The Bertz CT molecular complexity index is 907. The van der Waals surface area contributed by atoms with Gasteiger partial charge in [-0.15, -0.1) is 0 Å². The molecular formula is C17H14ClF2N3O. The molecule has 24 heavy (non-hydrogen) atoms. The third-order valence-corrected chi connectivity index (χ3v) is 3.94. The standard InChI is InChI=1S/C17H14ClF2N3O/c1-9-4-5-10(8-21-9)16-15(17(18)22-23(16)2)14-12(20)6-11(19)7-13(14)24-3/h4-8H,1-3H3. The molecule has 0 unspecified atom stereocenters. The van der Waals surface area contributed by atoms with Crippen LogP contribution in [0.25, 0.3) is 22.4 Å². The van der Waals surface area contributed by atoms with Crippen LogP contribution in [-0.2, 0) is 7.05 Å². The van der Waals surface area contributed by atoms with Gasteiger partial charge in [0.2, 0.25) is 0 Å². The second-order valence-corrected chi connectivity index (χ2v) is 5.65. The van der Waals surface area contributed by atoms with E-state index in [2.05, 4.69) is 10.1 Å². The number of ether oxygens (including phenoxy) is 1. The van der Waals surface area contributed by atoms with Gasteiger partial charge >= 0.3 is 0 Å². The van der Waals surface area contributed by atoms with Crippen molar-refractivity contribution < 1.29 is 13.5 Å². The van der Waals surface area contributed by atoms with Gasteiger partial charge in [-0.1, -0.05) is 11.6 Å². The van der Waals surface area contributed by atoms with Crippen LogP contribution in [-0.4, -0.2) is 21.9 Å². The molecule has 0 N–H and O–H groups in total. The summed E-state index contributed by atoms with van der Waals surface area (Å²) in [6, 6.07) is 5.57. The van der Waals surface area contributed by atoms with E-state index in [1.807, 2.05) is 19.1 Å². The van der Waals surface area contributed by atoms with Crippen LogP contribution < -0.4 is 4.74 Å². The van der Waals surface area contributed by atoms with Crippen molar-refractivity contribution in [3.8, 4) is 28.1 Å². The second-order valence-electron chi connectivity index (χ2n) is 5.29. The Labute approximate surface area is 142 Å². The predicted molar refractivity (Wildman–Crippen MR) is 88.1 cm³/mol. The summed E-state index contributed by atoms with van der Waals surface area (Å²) in [6.07, 6.45) is 1.65. The zero-order chi connectivity index (χ0) is 17.4. The minimum Gasteiger partial charge on any atom is -0.496 e. The molecule has 0 saturated heterocycles. The maximum atomic E-state index is 14.5. The van der Waals surface area contributed by atoms with Gasteiger partial charge in [-0.3, -0.25) is 9.67 Å². The monoisotopic (exact) mass is 349 g/mol. The smallest absolute Gasteiger partial charge is 0.159 e. The number of methoxy groups -OCH3 is 1. The van der Waals surface area contributed by atoms with Crippen LogP contribution in [0.1, 0.15) is 5.69 Å². The fourth-order valence-corrected chi connectivity index (χ4v) is 2.90. The Morgan fingerprint density at radius 3 is 2.54 bits per heavy atom. The lowest BCUT2D eigenvalue weighted by Crippen LogP contribution is -1.98. The van der Waals surface area contributed by atoms with Gasteiger partial charge in [0.05, 0.1) is 23.9 Å². The molecule has 0 aliphatic carbocycles. The molecule has 0 fully saturated rings. The van der Waals surface area contributed by atoms with Gasteiger partial charge in [0.15, 0.2) is 5.15 Å². The Balaban J connectivity index is 2.33. The lowest BCUT2D eigenvalue weighted by Gasteiger charge is -2.12. The van der Waals surface area contributed by atoms with Crippen LogP contribution in [0, 0.1) is 18.6 Å². The van der Waals surface area contributed by atoms with Crippen LogP contribution in [0.5, 0.6) is 5.75 Å². The van der Waals surface area contributed by atoms with Crippen molar-refractivity contribution in [3.63, 3.8) is 0 Å². The average molecular weight is 350 g/mol. The van der Waals surface area contributed by atoms with Crippen molar-refractivity contribution in [1.82, 2.24) is 14.8 Å². The Hall–Kier alpha value is -2.47. The topological polar surface area (TPSA) is 39.9 Å². The largest absolute Gasteiger partial charge is 0.496 e. The average Bonchev–Trinajstić information content (AvgIpc) is 2.81. The van der Waals surface area contributed by atoms with E-state index in [1.54, 1.807) is 13.2 Å². The number of rotatable bonds is 3. The molecule has 3 rings (SSSR count). The van der Waals surface area contributed by atoms with Gasteiger partial charge in [0, 0.05) is 36.6 Å². The van der Waals surface area contributed by atoms with E-state index >= 15 is 0 Å². The number of halogens is 3. The maximum absolute atomic E-state index is 14.5. The minimum absolute atomic E-state index is 0.0451. The summed E-state index contributed by atoms with van der Waals surface area (Å²) in [6.45, 7) is 1.86. The van der Waals surface area contributed by atoms with Gasteiger partial charge in [-0.2, -0.15) is 5.10 Å². The molecular weight excluding hydrogens is 336 g/mol. The second kappa shape index (κ2) is 6.20. The van der Waals surface area contributed by atoms with E-state index in [-0.39, 0.29) is 16.5 Å². The quantitative estimate of drug-likeness (QED) is 0.703. The molecule has 124 valence electrons. The molecule has 4 nitrogen and oxygen atoms in total. The zero-order valence-corrected chi connectivity index (χ0v) is 14.0. The Morgan fingerprint density at radius 2 is 1.92 bits per heavy atom. The number of pyridine rings is 1. The Morgan fingerprint density at radius 1 is 1.17 bits per heavy atom. The maximum Gasteiger partial charge on any atom is 0.159 e. The fourth-order valence-electron chi connectivity index (χ4n) is 2.61. The van der Waals surface area contributed by atoms with Gasteiger partial charge in [-0.25, -0.2) is 8.78 Å². The molecule has 0 atom stereocenters. The molecule has 0 amide bonds. The molecule has 7 heteroatoms. The molecule has 0 spiro atoms. The summed E-state index contributed by atoms with van der Waals surface area (Å²) >= 11 is 6.24. The summed E-state index contributed by atoms with van der Waals surface area (Å²) in [5, 5.41) is 4.26. The van der Waals surface area contributed by atoms with Crippen molar-refractivity contribution in [2.45, 2.75) is 6.92 Å². The molecule has 2 heterocycles. The third-order valence-electron chi connectivity index (χ3n) is 3.68. The van der Waals surface area contributed by atoms with E-state index in [1.165, 1.54) is 11.8 Å². The van der Waals surface area contributed by atoms with Crippen LogP contribution in [0.15, 0.2) is 30.5 Å². The van der Waals surface area contributed by atoms with Gasteiger partial charge < -0.3 is 4.74 Å². The number of hydrogen-bond acceptors (Lipinski definition) is 3. The van der Waals surface area contributed by atoms with Gasteiger partial charge in [0.25, 0.3) is 0 Å². The van der Waals surface area contributed by atoms with Crippen molar-refractivity contribution in [1.29, 1.82) is 0 Å². The van der Waals surface area contributed by atoms with E-state index in [0.717, 1.165) is 17.8 Å². The summed E-state index contributed by atoms with van der Waals surface area (Å²) in [4.78, 5) is 4.25. The lowest BCUT2D eigenvalue weighted by molar-refractivity contribution is 0.409. The van der Waals surface area contributed by atoms with E-state index in [4.69, 9.17) is 16.3 Å². The summed E-state index contributed by atoms with van der Waals surface area (Å²) in [5.74, 6) is -1.46. The number of aromatic nitrogens is 3. The number of nitrogens with zero attached hydrogens (tertiary/aromatic N) is 3. The summed E-state index contributed by atoms with van der Waals surface area (Å²) in [5.41, 5.74) is 2.52. The molecule has 0 aliphatic rings. The molecule has 0 saturated carbocycles. The first-order valence-corrected chi connectivity index (χ1v) is 7.49. The highest BCUT2D eigenvalue weighted by atomic mass is 35.5. The Kier molecular flexibility index (Phi) is 4.24. The first-order valence-electron chi connectivity index (χ1n) is 7.11. The minimum atomic E-state index is -0.775. The summed E-state index contributed by atoms with van der Waals surface area (Å²) in [7, 11) is 3.04. The predicted octanol–water partition coefficient (Wildman–Crippen LogP) is 4.40.